The van der Waals surface area contributed by atoms with Gasteiger partial charge in [0.1, 0.15) is 11.4 Å². The minimum absolute atomic E-state index is 0.299. The number of carbonyl (C=O) groups excluding carboxylic acids is 1. The lowest BCUT2D eigenvalue weighted by molar-refractivity contribution is -0.385. The molecule has 0 radical (unpaired) electrons. The van der Waals surface area contributed by atoms with Crippen molar-refractivity contribution in [1.29, 1.82) is 0 Å². The number of nitro benzene ring substituents is 1. The number of ether oxygens (including phenoxy) is 1. The highest BCUT2D eigenvalue weighted by molar-refractivity contribution is 5.72. The second-order valence-corrected chi connectivity index (χ2v) is 5.76. The van der Waals surface area contributed by atoms with Crippen molar-refractivity contribution < 1.29 is 28.7 Å². The van der Waals surface area contributed by atoms with Crippen LogP contribution in [-0.4, -0.2) is 27.7 Å². The number of rotatable bonds is 5. The Morgan fingerprint density at radius 1 is 1.43 bits per heavy atom. The zero-order chi connectivity index (χ0) is 17.8. The molecule has 1 atom stereocenters. The summed E-state index contributed by atoms with van der Waals surface area (Å²) in [6, 6.07) is 1.38. The molecular formula is C14H17FN2O6. The fourth-order valence-corrected chi connectivity index (χ4v) is 1.77. The zero-order valence-corrected chi connectivity index (χ0v) is 12.8. The first-order valence-corrected chi connectivity index (χ1v) is 6.65. The number of amides is 1. The smallest absolute Gasteiger partial charge is 0.408 e. The highest BCUT2D eigenvalue weighted by Gasteiger charge is 2.26. The summed E-state index contributed by atoms with van der Waals surface area (Å²) in [5, 5.41) is 21.9. The maximum atomic E-state index is 13.9. The summed E-state index contributed by atoms with van der Waals surface area (Å²) in [6.45, 7) is 4.81. The molecule has 0 aliphatic rings. The average Bonchev–Trinajstić information content (AvgIpc) is 2.35. The van der Waals surface area contributed by atoms with E-state index < -0.39 is 46.6 Å². The number of non-ortho nitro benzene ring substituents is 1. The molecule has 0 bridgehead atoms. The minimum Gasteiger partial charge on any atom is -0.481 e. The number of nitro groups is 1. The summed E-state index contributed by atoms with van der Waals surface area (Å²) in [6.07, 6.45) is -1.60. The topological polar surface area (TPSA) is 119 Å². The number of hydrogen-bond acceptors (Lipinski definition) is 5. The molecule has 1 aromatic rings. The Morgan fingerprint density at radius 3 is 2.52 bits per heavy atom. The largest absolute Gasteiger partial charge is 0.481 e. The number of nitrogens with one attached hydrogen (secondary N) is 1. The lowest BCUT2D eigenvalue weighted by atomic mass is 10.0. The fraction of sp³-hybridized carbons (Fsp3) is 0.429. The van der Waals surface area contributed by atoms with Crippen LogP contribution in [-0.2, 0) is 9.53 Å². The monoisotopic (exact) mass is 328 g/mol. The first kappa shape index (κ1) is 18.3. The van der Waals surface area contributed by atoms with Crippen LogP contribution in [0.4, 0.5) is 14.9 Å². The van der Waals surface area contributed by atoms with Crippen molar-refractivity contribution in [1.82, 2.24) is 5.32 Å². The predicted octanol–water partition coefficient (Wildman–Crippen LogP) is 2.77. The van der Waals surface area contributed by atoms with Crippen molar-refractivity contribution >= 4 is 17.7 Å². The van der Waals surface area contributed by atoms with Crippen LogP contribution in [0.5, 0.6) is 0 Å². The van der Waals surface area contributed by atoms with Crippen molar-refractivity contribution in [2.24, 2.45) is 0 Å². The van der Waals surface area contributed by atoms with Gasteiger partial charge in [0.25, 0.3) is 5.69 Å². The molecule has 0 heterocycles. The van der Waals surface area contributed by atoms with Gasteiger partial charge in [0.2, 0.25) is 0 Å². The molecule has 0 fully saturated rings. The van der Waals surface area contributed by atoms with Gasteiger partial charge in [-0.25, -0.2) is 9.18 Å². The number of alkyl carbamates (subject to hydrolysis) is 1. The molecule has 126 valence electrons. The molecule has 0 spiro atoms. The van der Waals surface area contributed by atoms with Crippen molar-refractivity contribution in [3.63, 3.8) is 0 Å². The summed E-state index contributed by atoms with van der Waals surface area (Å²) in [5.74, 6) is -2.17. The van der Waals surface area contributed by atoms with E-state index in [1.807, 2.05) is 0 Å². The molecule has 8 nitrogen and oxygen atoms in total. The third-order valence-electron chi connectivity index (χ3n) is 2.64. The lowest BCUT2D eigenvalue weighted by Gasteiger charge is -2.23. The molecule has 0 aliphatic heterocycles. The summed E-state index contributed by atoms with van der Waals surface area (Å²) in [4.78, 5) is 32.7. The average molecular weight is 328 g/mol. The molecule has 1 aromatic carbocycles. The quantitative estimate of drug-likeness (QED) is 0.633. The van der Waals surface area contributed by atoms with Gasteiger partial charge in [-0.1, -0.05) is 0 Å². The SMILES string of the molecule is CC(C)(C)OC(=O)N[C@H](CC(=O)O)c1cc([N+](=O)[O-])ccc1F. The molecule has 0 saturated heterocycles. The molecular weight excluding hydrogens is 311 g/mol. The van der Waals surface area contributed by atoms with Crippen LogP contribution >= 0.6 is 0 Å². The van der Waals surface area contributed by atoms with Crippen LogP contribution in [0, 0.1) is 15.9 Å². The molecule has 0 unspecified atom stereocenters. The van der Waals surface area contributed by atoms with Crippen molar-refractivity contribution in [2.75, 3.05) is 0 Å². The Hall–Kier alpha value is -2.71. The second-order valence-electron chi connectivity index (χ2n) is 5.76. The normalized spacial score (nSPS) is 12.3. The molecule has 0 aliphatic carbocycles. The third-order valence-corrected chi connectivity index (χ3v) is 2.64. The van der Waals surface area contributed by atoms with Crippen LogP contribution in [0.2, 0.25) is 0 Å². The van der Waals surface area contributed by atoms with Gasteiger partial charge in [-0.3, -0.25) is 14.9 Å². The van der Waals surface area contributed by atoms with Gasteiger partial charge in [0, 0.05) is 17.7 Å². The van der Waals surface area contributed by atoms with Gasteiger partial charge in [-0.15, -0.1) is 0 Å². The molecule has 0 aromatic heterocycles. The number of aliphatic carboxylic acids is 1. The van der Waals surface area contributed by atoms with Gasteiger partial charge in [0.15, 0.2) is 0 Å². The Bertz CT molecular complexity index is 626. The van der Waals surface area contributed by atoms with E-state index >= 15 is 0 Å². The van der Waals surface area contributed by atoms with E-state index in [1.165, 1.54) is 0 Å². The Morgan fingerprint density at radius 2 is 2.04 bits per heavy atom. The minimum atomic E-state index is -1.31. The first-order chi connectivity index (χ1) is 10.5. The molecule has 9 heteroatoms. The van der Waals surface area contributed by atoms with Crippen molar-refractivity contribution in [3.05, 3.63) is 39.7 Å². The number of carboxylic acids is 1. The number of carboxylic acid groups (broad SMARTS) is 1. The maximum Gasteiger partial charge on any atom is 0.408 e. The number of hydrogen-bond donors (Lipinski definition) is 2. The van der Waals surface area contributed by atoms with Gasteiger partial charge < -0.3 is 15.2 Å². The van der Waals surface area contributed by atoms with Gasteiger partial charge in [-0.05, 0) is 26.8 Å². The molecule has 1 rings (SSSR count). The second kappa shape index (κ2) is 7.03. The van der Waals surface area contributed by atoms with Gasteiger partial charge >= 0.3 is 12.1 Å². The van der Waals surface area contributed by atoms with Crippen molar-refractivity contribution in [3.8, 4) is 0 Å². The fourth-order valence-electron chi connectivity index (χ4n) is 1.77. The Labute approximate surface area is 131 Å². The third kappa shape index (κ3) is 5.89. The standard InChI is InChI=1S/C14H17FN2O6/c1-14(2,3)23-13(20)16-11(7-12(18)19)9-6-8(17(21)22)4-5-10(9)15/h4-6,11H,7H2,1-3H3,(H,16,20)(H,18,19)/t11-/m1/s1. The molecule has 2 N–H and O–H groups in total. The van der Waals surface area contributed by atoms with E-state index in [0.29, 0.717) is 0 Å². The highest BCUT2D eigenvalue weighted by atomic mass is 19.1. The highest BCUT2D eigenvalue weighted by Crippen LogP contribution is 2.25. The van der Waals surface area contributed by atoms with Gasteiger partial charge in [-0.2, -0.15) is 0 Å². The number of benzene rings is 1. The van der Waals surface area contributed by atoms with E-state index in [2.05, 4.69) is 5.32 Å². The van der Waals surface area contributed by atoms with E-state index in [4.69, 9.17) is 9.84 Å². The Kier molecular flexibility index (Phi) is 5.61. The van der Waals surface area contributed by atoms with Crippen LogP contribution < -0.4 is 5.32 Å². The van der Waals surface area contributed by atoms with E-state index in [9.17, 15) is 24.1 Å². The van der Waals surface area contributed by atoms with E-state index in [1.54, 1.807) is 20.8 Å². The van der Waals surface area contributed by atoms with Crippen LogP contribution in [0.25, 0.3) is 0 Å². The maximum absolute atomic E-state index is 13.9. The summed E-state index contributed by atoms with van der Waals surface area (Å²) in [5.41, 5.74) is -1.55. The van der Waals surface area contributed by atoms with Crippen LogP contribution in [0.1, 0.15) is 38.8 Å². The summed E-state index contributed by atoms with van der Waals surface area (Å²) >= 11 is 0. The molecule has 0 saturated carbocycles. The Balaban J connectivity index is 3.11. The lowest BCUT2D eigenvalue weighted by Crippen LogP contribution is -2.36. The van der Waals surface area contributed by atoms with Gasteiger partial charge in [0.05, 0.1) is 17.4 Å². The van der Waals surface area contributed by atoms with Crippen molar-refractivity contribution in [2.45, 2.75) is 38.8 Å². The number of halogens is 1. The number of nitrogens with zero attached hydrogens (tertiary/aromatic N) is 1. The summed E-state index contributed by atoms with van der Waals surface area (Å²) < 4.78 is 18.9. The van der Waals surface area contributed by atoms with E-state index in [0.717, 1.165) is 18.2 Å². The van der Waals surface area contributed by atoms with E-state index in [-0.39, 0.29) is 5.56 Å². The predicted molar refractivity (Wildman–Crippen MR) is 77.4 cm³/mol. The van der Waals surface area contributed by atoms with Crippen LogP contribution in [0.3, 0.4) is 0 Å². The first-order valence-electron chi connectivity index (χ1n) is 6.65. The zero-order valence-electron chi connectivity index (χ0n) is 12.8. The summed E-state index contributed by atoms with van der Waals surface area (Å²) in [7, 11) is 0. The van der Waals surface area contributed by atoms with Crippen LogP contribution in [0.15, 0.2) is 18.2 Å². The number of carbonyl (C=O) groups is 2. The molecule has 23 heavy (non-hydrogen) atoms. The molecule has 1 amide bonds.